The summed E-state index contributed by atoms with van der Waals surface area (Å²) in [6, 6.07) is 0. The molecule has 2 aliphatic heterocycles. The molecule has 112 valence electrons. The lowest BCUT2D eigenvalue weighted by Gasteiger charge is -2.31. The topological polar surface area (TPSA) is 77.4 Å². The van der Waals surface area contributed by atoms with E-state index in [-0.39, 0.29) is 13.2 Å². The first-order valence-electron chi connectivity index (χ1n) is 6.57. The number of ether oxygens (including phenoxy) is 3. The number of fused-ring (bicyclic) bond motifs is 1. The van der Waals surface area contributed by atoms with Crippen LogP contribution >= 0.6 is 0 Å². The Balaban J connectivity index is 2.18. The summed E-state index contributed by atoms with van der Waals surface area (Å²) in [4.78, 5) is 0. The van der Waals surface area contributed by atoms with Gasteiger partial charge in [-0.1, -0.05) is 0 Å². The van der Waals surface area contributed by atoms with Crippen molar-refractivity contribution in [3.05, 3.63) is 0 Å². The maximum absolute atomic E-state index is 10.2. The highest BCUT2D eigenvalue weighted by Gasteiger charge is 2.64. The third-order valence-corrected chi connectivity index (χ3v) is 4.20. The zero-order chi connectivity index (χ0) is 14.5. The fourth-order valence-electron chi connectivity index (χ4n) is 2.44. The predicted molar refractivity (Wildman–Crippen MR) is 70.0 cm³/mol. The second kappa shape index (κ2) is 4.76. The van der Waals surface area contributed by atoms with Crippen molar-refractivity contribution in [2.75, 3.05) is 13.2 Å². The van der Waals surface area contributed by atoms with Crippen molar-refractivity contribution in [1.82, 2.24) is 0 Å². The number of aliphatic hydroxyl groups is 2. The molecule has 0 aromatic heterocycles. The molecule has 19 heavy (non-hydrogen) atoms. The highest BCUT2D eigenvalue weighted by Crippen LogP contribution is 2.45. The lowest BCUT2D eigenvalue weighted by atomic mass is 10.1. The Morgan fingerprint density at radius 2 is 1.84 bits per heavy atom. The van der Waals surface area contributed by atoms with Gasteiger partial charge in [-0.25, -0.2) is 0 Å². The molecule has 2 rings (SSSR count). The van der Waals surface area contributed by atoms with Gasteiger partial charge in [0.15, 0.2) is 14.1 Å². The van der Waals surface area contributed by atoms with E-state index in [2.05, 4.69) is 19.6 Å². The molecule has 0 amide bonds. The molecule has 0 aromatic rings. The van der Waals surface area contributed by atoms with Gasteiger partial charge in [0.25, 0.3) is 0 Å². The minimum absolute atomic E-state index is 0.199. The average Bonchev–Trinajstić information content (AvgIpc) is 2.66. The Bertz CT molecular complexity index is 342. The normalized spacial score (nSPS) is 41.5. The van der Waals surface area contributed by atoms with Gasteiger partial charge >= 0.3 is 0 Å². The molecular weight excluding hydrogens is 268 g/mol. The van der Waals surface area contributed by atoms with Crippen molar-refractivity contribution in [2.24, 2.45) is 0 Å². The highest BCUT2D eigenvalue weighted by molar-refractivity contribution is 6.69. The van der Waals surface area contributed by atoms with Crippen LogP contribution in [0.15, 0.2) is 0 Å². The third kappa shape index (κ3) is 3.02. The Hall–Kier alpha value is -0.0231. The van der Waals surface area contributed by atoms with E-state index >= 15 is 0 Å². The molecule has 0 spiro atoms. The second-order valence-electron chi connectivity index (χ2n) is 6.58. The monoisotopic (exact) mass is 292 g/mol. The van der Waals surface area contributed by atoms with Gasteiger partial charge in [-0.05, 0) is 33.5 Å². The fourth-order valence-corrected chi connectivity index (χ4v) is 3.08. The van der Waals surface area contributed by atoms with Crippen molar-refractivity contribution < 1.29 is 28.8 Å². The van der Waals surface area contributed by atoms with Crippen molar-refractivity contribution in [3.8, 4) is 0 Å². The van der Waals surface area contributed by atoms with Crippen LogP contribution in [0, 0.1) is 0 Å². The zero-order valence-corrected chi connectivity index (χ0v) is 13.2. The molecule has 0 radical (unpaired) electrons. The first-order chi connectivity index (χ1) is 8.59. The summed E-state index contributed by atoms with van der Waals surface area (Å²) in [5.41, 5.74) is 0. The summed E-state index contributed by atoms with van der Waals surface area (Å²) in [5.74, 6) is -1.97. The minimum Gasteiger partial charge on any atom is -0.412 e. The summed E-state index contributed by atoms with van der Waals surface area (Å²) in [7, 11) is -1.75. The maximum atomic E-state index is 10.2. The van der Waals surface area contributed by atoms with E-state index in [0.29, 0.717) is 0 Å². The van der Waals surface area contributed by atoms with E-state index in [1.807, 2.05) is 0 Å². The van der Waals surface area contributed by atoms with Crippen LogP contribution in [0.2, 0.25) is 19.6 Å². The molecule has 2 fully saturated rings. The molecule has 2 N–H and O–H groups in total. The van der Waals surface area contributed by atoms with E-state index in [1.54, 1.807) is 13.8 Å². The molecule has 0 bridgehead atoms. The van der Waals surface area contributed by atoms with Gasteiger partial charge in [0, 0.05) is 0 Å². The molecule has 0 aromatic carbocycles. The van der Waals surface area contributed by atoms with Crippen LogP contribution in [0.25, 0.3) is 0 Å². The summed E-state index contributed by atoms with van der Waals surface area (Å²) in [6.07, 6.45) is -2.26. The standard InChI is InChI=1S/C12H24O6Si/c1-11(2)17-10-9(14)8(6-13)16-12(10,18-11)7-15-19(3,4)5/h8-10,13-14H,6-7H2,1-5H3/t8-,9+,10-,12-/m0/s1. The van der Waals surface area contributed by atoms with E-state index in [4.69, 9.17) is 18.6 Å². The lowest BCUT2D eigenvalue weighted by molar-refractivity contribution is -0.274. The molecule has 0 aliphatic carbocycles. The average molecular weight is 292 g/mol. The van der Waals surface area contributed by atoms with Crippen LogP contribution in [-0.2, 0) is 18.6 Å². The fraction of sp³-hybridized carbons (Fsp3) is 1.00. The molecule has 0 saturated carbocycles. The molecule has 2 saturated heterocycles. The van der Waals surface area contributed by atoms with Crippen molar-refractivity contribution in [2.45, 2.75) is 63.4 Å². The van der Waals surface area contributed by atoms with Gasteiger partial charge in [-0.3, -0.25) is 0 Å². The molecule has 0 unspecified atom stereocenters. The van der Waals surface area contributed by atoms with Gasteiger partial charge in [0.05, 0.1) is 13.2 Å². The second-order valence-corrected chi connectivity index (χ2v) is 11.1. The minimum atomic E-state index is -1.75. The Labute approximate surface area is 114 Å². The van der Waals surface area contributed by atoms with Crippen LogP contribution < -0.4 is 0 Å². The number of aliphatic hydroxyl groups excluding tert-OH is 2. The van der Waals surface area contributed by atoms with E-state index < -0.39 is 38.2 Å². The summed E-state index contributed by atoms with van der Waals surface area (Å²) in [5, 5.41) is 19.4. The Morgan fingerprint density at radius 3 is 2.37 bits per heavy atom. The molecular formula is C12H24O6Si. The van der Waals surface area contributed by atoms with Gasteiger partial charge in [0.2, 0.25) is 5.79 Å². The van der Waals surface area contributed by atoms with Crippen LogP contribution in [0.1, 0.15) is 13.8 Å². The van der Waals surface area contributed by atoms with Crippen LogP contribution in [0.5, 0.6) is 0 Å². The van der Waals surface area contributed by atoms with Gasteiger partial charge < -0.3 is 28.8 Å². The molecule has 2 aliphatic rings. The number of hydrogen-bond acceptors (Lipinski definition) is 6. The molecule has 6 nitrogen and oxygen atoms in total. The van der Waals surface area contributed by atoms with Gasteiger partial charge in [-0.2, -0.15) is 0 Å². The van der Waals surface area contributed by atoms with E-state index in [0.717, 1.165) is 0 Å². The highest BCUT2D eigenvalue weighted by atomic mass is 28.4. The summed E-state index contributed by atoms with van der Waals surface area (Å²) in [6.45, 7) is 9.65. The zero-order valence-electron chi connectivity index (χ0n) is 12.2. The Morgan fingerprint density at radius 1 is 1.21 bits per heavy atom. The van der Waals surface area contributed by atoms with Crippen LogP contribution in [0.4, 0.5) is 0 Å². The van der Waals surface area contributed by atoms with E-state index in [9.17, 15) is 10.2 Å². The third-order valence-electron chi connectivity index (χ3n) is 3.19. The molecule has 4 atom stereocenters. The van der Waals surface area contributed by atoms with Crippen molar-refractivity contribution >= 4 is 8.32 Å². The van der Waals surface area contributed by atoms with Crippen LogP contribution in [-0.4, -0.2) is 61.6 Å². The molecule has 7 heteroatoms. The lowest BCUT2D eigenvalue weighted by Crippen LogP contribution is -2.47. The largest absolute Gasteiger partial charge is 0.412 e. The first kappa shape index (κ1) is 15.4. The number of rotatable bonds is 4. The van der Waals surface area contributed by atoms with Gasteiger partial charge in [-0.15, -0.1) is 0 Å². The van der Waals surface area contributed by atoms with Crippen molar-refractivity contribution in [1.29, 1.82) is 0 Å². The smallest absolute Gasteiger partial charge is 0.223 e. The van der Waals surface area contributed by atoms with E-state index in [1.165, 1.54) is 0 Å². The van der Waals surface area contributed by atoms with Crippen LogP contribution in [0.3, 0.4) is 0 Å². The SMILES string of the molecule is CC1(C)O[C@H]2[C@H](O)[C@H](CO)O[C@@]2(CO[Si](C)(C)C)O1. The summed E-state index contributed by atoms with van der Waals surface area (Å²) >= 11 is 0. The quantitative estimate of drug-likeness (QED) is 0.732. The molecule has 2 heterocycles. The summed E-state index contributed by atoms with van der Waals surface area (Å²) < 4.78 is 23.1. The Kier molecular flexibility index (Phi) is 3.85. The van der Waals surface area contributed by atoms with Gasteiger partial charge in [0.1, 0.15) is 18.3 Å². The number of hydrogen-bond donors (Lipinski definition) is 2. The van der Waals surface area contributed by atoms with Crippen molar-refractivity contribution in [3.63, 3.8) is 0 Å². The predicted octanol–water partition coefficient (Wildman–Crippen LogP) is 0.438. The first-order valence-corrected chi connectivity index (χ1v) is 9.98. The maximum Gasteiger partial charge on any atom is 0.223 e.